The van der Waals surface area contributed by atoms with Gasteiger partial charge in [-0.15, -0.1) is 0 Å². The van der Waals surface area contributed by atoms with Crippen molar-refractivity contribution in [2.75, 3.05) is 18.0 Å². The van der Waals surface area contributed by atoms with Gasteiger partial charge in [-0.3, -0.25) is 9.52 Å². The zero-order valence-corrected chi connectivity index (χ0v) is 19.5. The molecule has 1 amide bonds. The monoisotopic (exact) mass is 456 g/mol. The molecule has 2 N–H and O–H groups in total. The summed E-state index contributed by atoms with van der Waals surface area (Å²) in [5.74, 6) is 0.0232. The number of anilines is 1. The van der Waals surface area contributed by atoms with Crippen molar-refractivity contribution in [3.05, 3.63) is 53.2 Å². The number of rotatable bonds is 8. The van der Waals surface area contributed by atoms with Gasteiger partial charge < -0.3 is 10.1 Å². The molecule has 1 aliphatic rings. The molecule has 1 aromatic heterocycles. The average Bonchev–Trinajstić information content (AvgIpc) is 3.51. The van der Waals surface area contributed by atoms with Crippen molar-refractivity contribution < 1.29 is 17.9 Å². The molecular weight excluding hydrogens is 428 g/mol. The van der Waals surface area contributed by atoms with Crippen molar-refractivity contribution in [1.82, 2.24) is 15.1 Å². The number of nitrogens with zero attached hydrogens (tertiary/aromatic N) is 2. The van der Waals surface area contributed by atoms with Gasteiger partial charge in [0.15, 0.2) is 0 Å². The number of fused-ring (bicyclic) bond motifs is 1. The van der Waals surface area contributed by atoms with Gasteiger partial charge in [0.25, 0.3) is 5.91 Å². The molecule has 0 atom stereocenters. The second-order valence-electron chi connectivity index (χ2n) is 8.47. The summed E-state index contributed by atoms with van der Waals surface area (Å²) in [5, 5.41) is 8.05. The predicted molar refractivity (Wildman–Crippen MR) is 125 cm³/mol. The summed E-state index contributed by atoms with van der Waals surface area (Å²) in [7, 11) is -1.86. The normalized spacial score (nSPS) is 14.2. The fourth-order valence-corrected chi connectivity index (χ4v) is 4.27. The van der Waals surface area contributed by atoms with Crippen LogP contribution in [0.3, 0.4) is 0 Å². The molecule has 1 heterocycles. The highest BCUT2D eigenvalue weighted by molar-refractivity contribution is 7.92. The summed E-state index contributed by atoms with van der Waals surface area (Å²) >= 11 is 0. The summed E-state index contributed by atoms with van der Waals surface area (Å²) in [5.41, 5.74) is 4.15. The van der Waals surface area contributed by atoms with Crippen LogP contribution in [0.5, 0.6) is 0 Å². The fourth-order valence-electron chi connectivity index (χ4n) is 3.69. The third-order valence-corrected chi connectivity index (χ3v) is 5.95. The molecular formula is C23H28N4O4S. The summed E-state index contributed by atoms with van der Waals surface area (Å²) in [4.78, 5) is 12.8. The molecule has 0 saturated heterocycles. The zero-order valence-electron chi connectivity index (χ0n) is 18.7. The summed E-state index contributed by atoms with van der Waals surface area (Å²) < 4.78 is 33.7. The molecule has 3 aromatic rings. The number of carbonyl (C=O) groups is 1. The highest BCUT2D eigenvalue weighted by atomic mass is 32.2. The Morgan fingerprint density at radius 3 is 2.47 bits per heavy atom. The van der Waals surface area contributed by atoms with Crippen LogP contribution >= 0.6 is 0 Å². The summed E-state index contributed by atoms with van der Waals surface area (Å²) in [6.07, 6.45) is 3.26. The van der Waals surface area contributed by atoms with Gasteiger partial charge in [-0.05, 0) is 68.0 Å². The van der Waals surface area contributed by atoms with E-state index in [1.165, 1.54) is 0 Å². The molecule has 32 heavy (non-hydrogen) atoms. The summed E-state index contributed by atoms with van der Waals surface area (Å²) in [6.45, 7) is 4.48. The van der Waals surface area contributed by atoms with E-state index in [9.17, 15) is 13.2 Å². The lowest BCUT2D eigenvalue weighted by atomic mass is 10.0. The lowest BCUT2D eigenvalue weighted by molar-refractivity contribution is 0.0657. The first-order chi connectivity index (χ1) is 15.2. The van der Waals surface area contributed by atoms with E-state index < -0.39 is 10.0 Å². The van der Waals surface area contributed by atoms with Crippen LogP contribution in [-0.4, -0.2) is 43.5 Å². The minimum absolute atomic E-state index is 0.140. The molecule has 0 bridgehead atoms. The van der Waals surface area contributed by atoms with Gasteiger partial charge in [-0.1, -0.05) is 12.1 Å². The molecule has 1 saturated carbocycles. The number of hydrogen-bond donors (Lipinski definition) is 2. The highest BCUT2D eigenvalue weighted by Crippen LogP contribution is 2.45. The molecule has 170 valence electrons. The number of carbonyl (C=O) groups excluding carboxylic acids is 1. The standard InChI is InChI=1S/C23H28N4O4S/c1-14(2)31-13-15-5-9-17(10-6-15)27-22(23(28)24-3)19-11-18(16-7-8-16)21(12-20(19)25-27)26-32(4,29)30/h5-6,9-12,14,16,26H,7-8,13H2,1-4H3,(H,24,28). The molecule has 2 aromatic carbocycles. The zero-order chi connectivity index (χ0) is 23.0. The first kappa shape index (κ1) is 22.3. The van der Waals surface area contributed by atoms with E-state index in [0.717, 1.165) is 35.9 Å². The minimum Gasteiger partial charge on any atom is -0.374 e. The minimum atomic E-state index is -3.44. The van der Waals surface area contributed by atoms with E-state index in [4.69, 9.17) is 4.74 Å². The quantitative estimate of drug-likeness (QED) is 0.540. The van der Waals surface area contributed by atoms with E-state index in [2.05, 4.69) is 15.1 Å². The lowest BCUT2D eigenvalue weighted by Gasteiger charge is -2.11. The van der Waals surface area contributed by atoms with E-state index in [1.807, 2.05) is 44.2 Å². The number of amides is 1. The van der Waals surface area contributed by atoms with Crippen LogP contribution in [0.15, 0.2) is 36.4 Å². The largest absolute Gasteiger partial charge is 0.374 e. The number of benzene rings is 2. The molecule has 4 rings (SSSR count). The molecule has 1 fully saturated rings. The molecule has 0 unspecified atom stereocenters. The van der Waals surface area contributed by atoms with Crippen molar-refractivity contribution in [2.24, 2.45) is 0 Å². The average molecular weight is 457 g/mol. The second kappa shape index (κ2) is 8.55. The maximum absolute atomic E-state index is 12.8. The van der Waals surface area contributed by atoms with Gasteiger partial charge in [-0.25, -0.2) is 13.1 Å². The highest BCUT2D eigenvalue weighted by Gasteiger charge is 2.29. The van der Waals surface area contributed by atoms with Crippen LogP contribution < -0.4 is 10.0 Å². The Bertz CT molecular complexity index is 1260. The smallest absolute Gasteiger partial charge is 0.270 e. The second-order valence-corrected chi connectivity index (χ2v) is 10.2. The van der Waals surface area contributed by atoms with Crippen LogP contribution in [0.4, 0.5) is 5.69 Å². The van der Waals surface area contributed by atoms with Gasteiger partial charge in [-0.2, -0.15) is 5.10 Å². The van der Waals surface area contributed by atoms with Gasteiger partial charge in [0.1, 0.15) is 5.69 Å². The molecule has 0 aliphatic heterocycles. The van der Waals surface area contributed by atoms with Crippen molar-refractivity contribution in [3.63, 3.8) is 0 Å². The van der Waals surface area contributed by atoms with Gasteiger partial charge in [0.2, 0.25) is 10.0 Å². The number of nitrogens with one attached hydrogen (secondary N) is 2. The van der Waals surface area contributed by atoms with Crippen LogP contribution in [0.25, 0.3) is 16.6 Å². The van der Waals surface area contributed by atoms with E-state index in [0.29, 0.717) is 28.9 Å². The van der Waals surface area contributed by atoms with Crippen LogP contribution in [-0.2, 0) is 21.4 Å². The molecule has 0 radical (unpaired) electrons. The first-order valence-corrected chi connectivity index (χ1v) is 12.5. The maximum Gasteiger partial charge on any atom is 0.270 e. The topological polar surface area (TPSA) is 102 Å². The van der Waals surface area contributed by atoms with E-state index in [1.54, 1.807) is 17.8 Å². The van der Waals surface area contributed by atoms with E-state index in [-0.39, 0.29) is 17.9 Å². The predicted octanol–water partition coefficient (Wildman–Crippen LogP) is 3.56. The van der Waals surface area contributed by atoms with Crippen molar-refractivity contribution in [2.45, 2.75) is 45.3 Å². The Hall–Kier alpha value is -2.91. The first-order valence-electron chi connectivity index (χ1n) is 10.6. The maximum atomic E-state index is 12.8. The van der Waals surface area contributed by atoms with E-state index >= 15 is 0 Å². The van der Waals surface area contributed by atoms with Crippen molar-refractivity contribution >= 4 is 32.5 Å². The SMILES string of the molecule is CNC(=O)c1c2cc(C3CC3)c(NS(C)(=O)=O)cc2nn1-c1ccc(COC(C)C)cc1. The van der Waals surface area contributed by atoms with Crippen molar-refractivity contribution in [1.29, 1.82) is 0 Å². The Morgan fingerprint density at radius 1 is 1.22 bits per heavy atom. The van der Waals surface area contributed by atoms with Gasteiger partial charge in [0, 0.05) is 12.4 Å². The number of aromatic nitrogens is 2. The fraction of sp³-hybridized carbons (Fsp3) is 0.391. The van der Waals surface area contributed by atoms with Crippen molar-refractivity contribution in [3.8, 4) is 5.69 Å². The number of ether oxygens (including phenoxy) is 1. The molecule has 0 spiro atoms. The van der Waals surface area contributed by atoms with Crippen LogP contribution in [0.2, 0.25) is 0 Å². The Labute approximate surface area is 188 Å². The Morgan fingerprint density at radius 2 is 1.91 bits per heavy atom. The third-order valence-electron chi connectivity index (χ3n) is 5.36. The van der Waals surface area contributed by atoms with Crippen LogP contribution in [0, 0.1) is 0 Å². The molecule has 8 nitrogen and oxygen atoms in total. The number of sulfonamides is 1. The lowest BCUT2D eigenvalue weighted by Crippen LogP contribution is -2.22. The molecule has 1 aliphatic carbocycles. The summed E-state index contributed by atoms with van der Waals surface area (Å²) in [6, 6.07) is 11.3. The van der Waals surface area contributed by atoms with Gasteiger partial charge >= 0.3 is 0 Å². The van der Waals surface area contributed by atoms with Crippen LogP contribution in [0.1, 0.15) is 54.2 Å². The number of hydrogen-bond acceptors (Lipinski definition) is 5. The third kappa shape index (κ3) is 4.78. The Balaban J connectivity index is 1.82. The van der Waals surface area contributed by atoms with Gasteiger partial charge in [0.05, 0.1) is 35.9 Å². The molecule has 9 heteroatoms. The Kier molecular flexibility index (Phi) is 5.96.